The molecule has 0 saturated carbocycles. The summed E-state index contributed by atoms with van der Waals surface area (Å²) in [6.07, 6.45) is 9.24. The zero-order valence-electron chi connectivity index (χ0n) is 14.1. The third-order valence-electron chi connectivity index (χ3n) is 3.42. The van der Waals surface area contributed by atoms with Gasteiger partial charge in [-0.25, -0.2) is 4.79 Å². The standard InChI is InChI=1S/C21H19BrO3/c1-24-15-20(21(23)25-2)19-13-6-5-11-17(19)10-4-3-8-16-9-7-12-18(22)14-16/h3-15H,1-2H3/b8-3+,10-4+,20-15+. The van der Waals surface area contributed by atoms with E-state index < -0.39 is 5.97 Å². The Balaban J connectivity index is 2.25. The molecule has 3 nitrogen and oxygen atoms in total. The summed E-state index contributed by atoms with van der Waals surface area (Å²) in [7, 11) is 2.85. The van der Waals surface area contributed by atoms with Crippen LogP contribution in [0.5, 0.6) is 0 Å². The van der Waals surface area contributed by atoms with Gasteiger partial charge in [-0.1, -0.05) is 76.6 Å². The van der Waals surface area contributed by atoms with Gasteiger partial charge in [-0.2, -0.15) is 0 Å². The molecule has 0 heterocycles. The third kappa shape index (κ3) is 5.47. The SMILES string of the molecule is CO/C=C(/C(=O)OC)c1ccccc1/C=C/C=C/c1cccc(Br)c1. The quantitative estimate of drug-likeness (QED) is 0.285. The highest BCUT2D eigenvalue weighted by molar-refractivity contribution is 9.10. The van der Waals surface area contributed by atoms with E-state index in [0.717, 1.165) is 21.2 Å². The van der Waals surface area contributed by atoms with E-state index in [-0.39, 0.29) is 0 Å². The first kappa shape index (κ1) is 18.7. The minimum atomic E-state index is -0.438. The molecule has 0 aliphatic rings. The Hall–Kier alpha value is -2.59. The molecule has 0 N–H and O–H groups in total. The van der Waals surface area contributed by atoms with E-state index in [1.165, 1.54) is 20.5 Å². The van der Waals surface area contributed by atoms with Gasteiger partial charge in [-0.3, -0.25) is 0 Å². The molecule has 0 bridgehead atoms. The van der Waals surface area contributed by atoms with E-state index in [4.69, 9.17) is 9.47 Å². The molecule has 0 radical (unpaired) electrons. The van der Waals surface area contributed by atoms with Gasteiger partial charge >= 0.3 is 5.97 Å². The van der Waals surface area contributed by atoms with Gasteiger partial charge in [0.25, 0.3) is 0 Å². The number of halogens is 1. The number of rotatable bonds is 6. The van der Waals surface area contributed by atoms with Crippen LogP contribution < -0.4 is 0 Å². The monoisotopic (exact) mass is 398 g/mol. The van der Waals surface area contributed by atoms with Crippen LogP contribution in [0, 0.1) is 0 Å². The predicted molar refractivity (Wildman–Crippen MR) is 106 cm³/mol. The van der Waals surface area contributed by atoms with Crippen LogP contribution in [0.3, 0.4) is 0 Å². The molecule has 128 valence electrons. The first-order valence-corrected chi connectivity index (χ1v) is 8.46. The van der Waals surface area contributed by atoms with Crippen LogP contribution >= 0.6 is 15.9 Å². The first-order chi connectivity index (χ1) is 12.2. The average molecular weight is 399 g/mol. The fourth-order valence-corrected chi connectivity index (χ4v) is 2.69. The fourth-order valence-electron chi connectivity index (χ4n) is 2.27. The number of esters is 1. The molecule has 25 heavy (non-hydrogen) atoms. The molecule has 0 amide bonds. The lowest BCUT2D eigenvalue weighted by molar-refractivity contribution is -0.133. The van der Waals surface area contributed by atoms with E-state index >= 15 is 0 Å². The second-order valence-corrected chi connectivity index (χ2v) is 6.03. The Morgan fingerprint density at radius 1 is 1.00 bits per heavy atom. The van der Waals surface area contributed by atoms with Crippen molar-refractivity contribution < 1.29 is 14.3 Å². The molecule has 0 spiro atoms. The maximum Gasteiger partial charge on any atom is 0.341 e. The van der Waals surface area contributed by atoms with E-state index in [9.17, 15) is 4.79 Å². The molecule has 2 aromatic rings. The zero-order valence-corrected chi connectivity index (χ0v) is 15.7. The van der Waals surface area contributed by atoms with Crippen molar-refractivity contribution in [2.24, 2.45) is 0 Å². The van der Waals surface area contributed by atoms with Gasteiger partial charge in [0.1, 0.15) is 5.57 Å². The van der Waals surface area contributed by atoms with Crippen molar-refractivity contribution in [1.82, 2.24) is 0 Å². The molecule has 0 aromatic heterocycles. The lowest BCUT2D eigenvalue weighted by Crippen LogP contribution is -2.05. The Labute approximate surface area is 156 Å². The third-order valence-corrected chi connectivity index (χ3v) is 3.91. The van der Waals surface area contributed by atoms with Crippen LogP contribution in [0.2, 0.25) is 0 Å². The number of carbonyl (C=O) groups excluding carboxylic acids is 1. The van der Waals surface area contributed by atoms with Crippen LogP contribution in [0.1, 0.15) is 16.7 Å². The number of methoxy groups -OCH3 is 2. The molecule has 2 rings (SSSR count). The van der Waals surface area contributed by atoms with Gasteiger partial charge < -0.3 is 9.47 Å². The highest BCUT2D eigenvalue weighted by atomic mass is 79.9. The van der Waals surface area contributed by atoms with Gasteiger partial charge in [0.2, 0.25) is 0 Å². The number of hydrogen-bond donors (Lipinski definition) is 0. The lowest BCUT2D eigenvalue weighted by Gasteiger charge is -2.08. The van der Waals surface area contributed by atoms with Crippen molar-refractivity contribution in [2.45, 2.75) is 0 Å². The average Bonchev–Trinajstić information content (AvgIpc) is 2.63. The second-order valence-electron chi connectivity index (χ2n) is 5.12. The number of carbonyl (C=O) groups is 1. The first-order valence-electron chi connectivity index (χ1n) is 7.66. The van der Waals surface area contributed by atoms with Crippen molar-refractivity contribution in [3.63, 3.8) is 0 Å². The van der Waals surface area contributed by atoms with E-state index in [2.05, 4.69) is 15.9 Å². The molecule has 0 unspecified atom stereocenters. The van der Waals surface area contributed by atoms with Crippen LogP contribution in [-0.2, 0) is 14.3 Å². The number of benzene rings is 2. The summed E-state index contributed by atoms with van der Waals surface area (Å²) in [5.74, 6) is -0.438. The Bertz CT molecular complexity index is 819. The van der Waals surface area contributed by atoms with E-state index in [1.807, 2.05) is 72.8 Å². The zero-order chi connectivity index (χ0) is 18.1. The molecular formula is C21H19BrO3. The molecule has 0 atom stereocenters. The lowest BCUT2D eigenvalue weighted by atomic mass is 10.00. The minimum Gasteiger partial charge on any atom is -0.503 e. The summed E-state index contributed by atoms with van der Waals surface area (Å²) in [5.41, 5.74) is 3.13. The van der Waals surface area contributed by atoms with Crippen molar-refractivity contribution in [1.29, 1.82) is 0 Å². The molecule has 0 aliphatic carbocycles. The van der Waals surface area contributed by atoms with Gasteiger partial charge in [0, 0.05) is 4.47 Å². The molecule has 4 heteroatoms. The van der Waals surface area contributed by atoms with Crippen molar-refractivity contribution in [3.8, 4) is 0 Å². The number of ether oxygens (including phenoxy) is 2. The summed E-state index contributed by atoms with van der Waals surface area (Å²) < 4.78 is 10.9. The highest BCUT2D eigenvalue weighted by Crippen LogP contribution is 2.22. The van der Waals surface area contributed by atoms with Crippen molar-refractivity contribution in [3.05, 3.63) is 88.1 Å². The Kier molecular flexibility index (Phi) is 7.23. The summed E-state index contributed by atoms with van der Waals surface area (Å²) >= 11 is 3.45. The van der Waals surface area contributed by atoms with Crippen LogP contribution in [0.25, 0.3) is 17.7 Å². The smallest absolute Gasteiger partial charge is 0.341 e. The maximum absolute atomic E-state index is 12.0. The van der Waals surface area contributed by atoms with E-state index in [1.54, 1.807) is 0 Å². The molecule has 2 aromatic carbocycles. The van der Waals surface area contributed by atoms with E-state index in [0.29, 0.717) is 5.57 Å². The number of hydrogen-bond acceptors (Lipinski definition) is 3. The number of allylic oxidation sites excluding steroid dienone is 2. The predicted octanol–water partition coefficient (Wildman–Crippen LogP) is 5.34. The largest absolute Gasteiger partial charge is 0.503 e. The van der Waals surface area contributed by atoms with Gasteiger partial charge in [0.05, 0.1) is 20.5 Å². The molecular weight excluding hydrogens is 380 g/mol. The van der Waals surface area contributed by atoms with Gasteiger partial charge in [-0.15, -0.1) is 0 Å². The van der Waals surface area contributed by atoms with Gasteiger partial charge in [0.15, 0.2) is 0 Å². The van der Waals surface area contributed by atoms with Crippen molar-refractivity contribution in [2.75, 3.05) is 14.2 Å². The summed E-state index contributed by atoms with van der Waals surface area (Å²) in [4.78, 5) is 12.0. The summed E-state index contributed by atoms with van der Waals surface area (Å²) in [6.45, 7) is 0. The Morgan fingerprint density at radius 3 is 2.48 bits per heavy atom. The minimum absolute atomic E-state index is 0.376. The van der Waals surface area contributed by atoms with Crippen LogP contribution in [-0.4, -0.2) is 20.2 Å². The van der Waals surface area contributed by atoms with Crippen molar-refractivity contribution >= 4 is 39.6 Å². The summed E-state index contributed by atoms with van der Waals surface area (Å²) in [5, 5.41) is 0. The topological polar surface area (TPSA) is 35.5 Å². The molecule has 0 saturated heterocycles. The summed E-state index contributed by atoms with van der Waals surface area (Å²) in [6, 6.07) is 15.6. The molecule has 0 aliphatic heterocycles. The van der Waals surface area contributed by atoms with Crippen LogP contribution in [0.4, 0.5) is 0 Å². The van der Waals surface area contributed by atoms with Gasteiger partial charge in [-0.05, 0) is 28.8 Å². The fraction of sp³-hybridized carbons (Fsp3) is 0.0952. The Morgan fingerprint density at radius 2 is 1.76 bits per heavy atom. The highest BCUT2D eigenvalue weighted by Gasteiger charge is 2.15. The second kappa shape index (κ2) is 9.64. The maximum atomic E-state index is 12.0. The normalized spacial score (nSPS) is 11.9. The molecule has 0 fully saturated rings. The van der Waals surface area contributed by atoms with Crippen LogP contribution in [0.15, 0.2) is 71.4 Å².